The number of rotatable bonds is 4. The summed E-state index contributed by atoms with van der Waals surface area (Å²) >= 11 is 0. The van der Waals surface area contributed by atoms with E-state index < -0.39 is 11.7 Å². The van der Waals surface area contributed by atoms with Gasteiger partial charge in [-0.2, -0.15) is 0 Å². The zero-order valence-electron chi connectivity index (χ0n) is 12.5. The average molecular weight is 292 g/mol. The van der Waals surface area contributed by atoms with E-state index >= 15 is 0 Å². The zero-order chi connectivity index (χ0) is 15.5. The van der Waals surface area contributed by atoms with E-state index in [2.05, 4.69) is 10.6 Å². The van der Waals surface area contributed by atoms with Gasteiger partial charge in [-0.05, 0) is 44.5 Å². The number of hydrogen-bond acceptors (Lipinski definition) is 4. The first-order chi connectivity index (χ1) is 9.85. The van der Waals surface area contributed by atoms with E-state index in [1.165, 1.54) is 0 Å². The molecule has 114 valence electrons. The topological polar surface area (TPSA) is 76.7 Å². The second-order valence-corrected chi connectivity index (χ2v) is 5.78. The molecular formula is C15H20N2O4. The molecule has 0 atom stereocenters. The summed E-state index contributed by atoms with van der Waals surface area (Å²) in [5, 5.41) is 5.36. The molecule has 6 nitrogen and oxygen atoms in total. The predicted molar refractivity (Wildman–Crippen MR) is 77.3 cm³/mol. The van der Waals surface area contributed by atoms with Gasteiger partial charge in [0.1, 0.15) is 18.0 Å². The van der Waals surface area contributed by atoms with Crippen LogP contribution in [0.3, 0.4) is 0 Å². The standard InChI is InChI=1S/C15H20N2O4/c1-15(2,3)21-14(19)16-6-7-20-11-4-5-12-10(8-11)9-17-13(12)18/h4-5,8H,6-7,9H2,1-3H3,(H,16,19)(H,17,18). The molecular weight excluding hydrogens is 272 g/mol. The summed E-state index contributed by atoms with van der Waals surface area (Å²) in [6.45, 7) is 6.64. The number of carbonyl (C=O) groups excluding carboxylic acids is 2. The van der Waals surface area contributed by atoms with E-state index in [0.29, 0.717) is 31.0 Å². The number of amides is 2. The largest absolute Gasteiger partial charge is 0.492 e. The van der Waals surface area contributed by atoms with Gasteiger partial charge < -0.3 is 20.1 Å². The van der Waals surface area contributed by atoms with E-state index in [9.17, 15) is 9.59 Å². The fourth-order valence-electron chi connectivity index (χ4n) is 1.93. The van der Waals surface area contributed by atoms with Crippen LogP contribution in [0.1, 0.15) is 36.7 Å². The van der Waals surface area contributed by atoms with Crippen LogP contribution in [-0.4, -0.2) is 30.8 Å². The van der Waals surface area contributed by atoms with Crippen molar-refractivity contribution in [1.29, 1.82) is 0 Å². The molecule has 6 heteroatoms. The second-order valence-electron chi connectivity index (χ2n) is 5.78. The van der Waals surface area contributed by atoms with E-state index in [0.717, 1.165) is 5.56 Å². The summed E-state index contributed by atoms with van der Waals surface area (Å²) in [5.74, 6) is 0.624. The van der Waals surface area contributed by atoms with Crippen LogP contribution < -0.4 is 15.4 Å². The molecule has 0 saturated heterocycles. The van der Waals surface area contributed by atoms with Crippen molar-refractivity contribution >= 4 is 12.0 Å². The van der Waals surface area contributed by atoms with Gasteiger partial charge >= 0.3 is 6.09 Å². The molecule has 0 aliphatic carbocycles. The van der Waals surface area contributed by atoms with Crippen molar-refractivity contribution < 1.29 is 19.1 Å². The maximum absolute atomic E-state index is 11.4. The van der Waals surface area contributed by atoms with Crippen molar-refractivity contribution in [3.63, 3.8) is 0 Å². The van der Waals surface area contributed by atoms with Crippen LogP contribution in [0, 0.1) is 0 Å². The van der Waals surface area contributed by atoms with Gasteiger partial charge in [-0.3, -0.25) is 4.79 Å². The number of carbonyl (C=O) groups is 2. The molecule has 0 aromatic heterocycles. The smallest absolute Gasteiger partial charge is 0.407 e. The summed E-state index contributed by atoms with van der Waals surface area (Å²) in [7, 11) is 0. The van der Waals surface area contributed by atoms with Crippen LogP contribution in [-0.2, 0) is 11.3 Å². The molecule has 0 saturated carbocycles. The number of fused-ring (bicyclic) bond motifs is 1. The molecule has 1 heterocycles. The number of hydrogen-bond donors (Lipinski definition) is 2. The molecule has 1 aliphatic heterocycles. The van der Waals surface area contributed by atoms with E-state index in [1.54, 1.807) is 12.1 Å². The Kier molecular flexibility index (Phi) is 4.35. The minimum Gasteiger partial charge on any atom is -0.492 e. The van der Waals surface area contributed by atoms with Gasteiger partial charge in [0.15, 0.2) is 0 Å². The van der Waals surface area contributed by atoms with E-state index in [4.69, 9.17) is 9.47 Å². The Labute approximate surface area is 123 Å². The molecule has 0 radical (unpaired) electrons. The maximum atomic E-state index is 11.4. The van der Waals surface area contributed by atoms with Gasteiger partial charge in [0.2, 0.25) is 0 Å². The Morgan fingerprint density at radius 3 is 2.86 bits per heavy atom. The number of nitrogens with one attached hydrogen (secondary N) is 2. The van der Waals surface area contributed by atoms with Gasteiger partial charge in [-0.15, -0.1) is 0 Å². The molecule has 2 amide bonds. The Hall–Kier alpha value is -2.24. The number of ether oxygens (including phenoxy) is 2. The lowest BCUT2D eigenvalue weighted by Crippen LogP contribution is -2.34. The van der Waals surface area contributed by atoms with E-state index in [1.807, 2.05) is 26.8 Å². The van der Waals surface area contributed by atoms with Crippen molar-refractivity contribution in [2.75, 3.05) is 13.2 Å². The molecule has 21 heavy (non-hydrogen) atoms. The Morgan fingerprint density at radius 2 is 2.14 bits per heavy atom. The van der Waals surface area contributed by atoms with Crippen LogP contribution in [0.4, 0.5) is 4.79 Å². The molecule has 0 spiro atoms. The fourth-order valence-corrected chi connectivity index (χ4v) is 1.93. The summed E-state index contributed by atoms with van der Waals surface area (Å²) in [6, 6.07) is 5.33. The molecule has 0 bridgehead atoms. The third kappa shape index (κ3) is 4.37. The highest BCUT2D eigenvalue weighted by molar-refractivity contribution is 5.98. The highest BCUT2D eigenvalue weighted by Gasteiger charge is 2.19. The molecule has 1 aliphatic rings. The molecule has 2 N–H and O–H groups in total. The zero-order valence-corrected chi connectivity index (χ0v) is 12.5. The quantitative estimate of drug-likeness (QED) is 0.830. The Balaban J connectivity index is 1.75. The third-order valence-corrected chi connectivity index (χ3v) is 2.80. The highest BCUT2D eigenvalue weighted by Crippen LogP contribution is 2.21. The summed E-state index contributed by atoms with van der Waals surface area (Å²) in [5.41, 5.74) is 1.11. The summed E-state index contributed by atoms with van der Waals surface area (Å²) in [6.07, 6.45) is -0.463. The average Bonchev–Trinajstić information content (AvgIpc) is 2.74. The lowest BCUT2D eigenvalue weighted by atomic mass is 10.1. The minimum atomic E-state index is -0.509. The molecule has 0 fully saturated rings. The predicted octanol–water partition coefficient (Wildman–Crippen LogP) is 1.83. The first-order valence-corrected chi connectivity index (χ1v) is 6.86. The van der Waals surface area contributed by atoms with Gasteiger partial charge in [0, 0.05) is 12.1 Å². The third-order valence-electron chi connectivity index (χ3n) is 2.80. The normalized spacial score (nSPS) is 13.4. The lowest BCUT2D eigenvalue weighted by Gasteiger charge is -2.19. The Bertz CT molecular complexity index is 549. The van der Waals surface area contributed by atoms with Crippen LogP contribution in [0.25, 0.3) is 0 Å². The van der Waals surface area contributed by atoms with Crippen LogP contribution in [0.5, 0.6) is 5.75 Å². The number of alkyl carbamates (subject to hydrolysis) is 1. The first kappa shape index (κ1) is 15.2. The van der Waals surface area contributed by atoms with Crippen LogP contribution in [0.2, 0.25) is 0 Å². The minimum absolute atomic E-state index is 0.0526. The van der Waals surface area contributed by atoms with Gasteiger partial charge in [-0.1, -0.05) is 0 Å². The second kappa shape index (κ2) is 6.03. The summed E-state index contributed by atoms with van der Waals surface area (Å²) in [4.78, 5) is 22.8. The van der Waals surface area contributed by atoms with Crippen molar-refractivity contribution in [2.24, 2.45) is 0 Å². The van der Waals surface area contributed by atoms with Crippen molar-refractivity contribution in [1.82, 2.24) is 10.6 Å². The maximum Gasteiger partial charge on any atom is 0.407 e. The Morgan fingerprint density at radius 1 is 1.38 bits per heavy atom. The molecule has 2 rings (SSSR count). The van der Waals surface area contributed by atoms with Crippen LogP contribution >= 0.6 is 0 Å². The van der Waals surface area contributed by atoms with Crippen molar-refractivity contribution in [3.05, 3.63) is 29.3 Å². The van der Waals surface area contributed by atoms with Crippen LogP contribution in [0.15, 0.2) is 18.2 Å². The lowest BCUT2D eigenvalue weighted by molar-refractivity contribution is 0.0520. The fraction of sp³-hybridized carbons (Fsp3) is 0.467. The molecule has 1 aromatic rings. The van der Waals surface area contributed by atoms with Crippen molar-refractivity contribution in [2.45, 2.75) is 32.9 Å². The highest BCUT2D eigenvalue weighted by atomic mass is 16.6. The van der Waals surface area contributed by atoms with Crippen molar-refractivity contribution in [3.8, 4) is 5.75 Å². The van der Waals surface area contributed by atoms with Gasteiger partial charge in [0.05, 0.1) is 6.54 Å². The molecule has 0 unspecified atom stereocenters. The monoisotopic (exact) mass is 292 g/mol. The first-order valence-electron chi connectivity index (χ1n) is 6.86. The SMILES string of the molecule is CC(C)(C)OC(=O)NCCOc1ccc2c(c1)CNC2=O. The summed E-state index contributed by atoms with van der Waals surface area (Å²) < 4.78 is 10.6. The van der Waals surface area contributed by atoms with Gasteiger partial charge in [-0.25, -0.2) is 4.79 Å². The van der Waals surface area contributed by atoms with Gasteiger partial charge in [0.25, 0.3) is 5.91 Å². The van der Waals surface area contributed by atoms with E-state index in [-0.39, 0.29) is 5.91 Å². The number of benzene rings is 1. The molecule has 1 aromatic carbocycles.